The molecule has 0 bridgehead atoms. The standard InChI is InChI=1S/C15H31N/c1-3-5-9-13(4-2)12-14-10-7-6-8-11-15(14)16/h13-15H,3-12,16H2,1-2H3. The van der Waals surface area contributed by atoms with E-state index in [1.54, 1.807) is 0 Å². The van der Waals surface area contributed by atoms with Crippen molar-refractivity contribution in [3.8, 4) is 0 Å². The van der Waals surface area contributed by atoms with Gasteiger partial charge in [-0.15, -0.1) is 0 Å². The smallest absolute Gasteiger partial charge is 0.00672 e. The average molecular weight is 225 g/mol. The van der Waals surface area contributed by atoms with Crippen molar-refractivity contribution in [2.24, 2.45) is 17.6 Å². The van der Waals surface area contributed by atoms with E-state index in [0.717, 1.165) is 11.8 Å². The van der Waals surface area contributed by atoms with Crippen LogP contribution in [0.25, 0.3) is 0 Å². The van der Waals surface area contributed by atoms with Crippen LogP contribution in [0.1, 0.15) is 78.1 Å². The van der Waals surface area contributed by atoms with Gasteiger partial charge in [0.05, 0.1) is 0 Å². The van der Waals surface area contributed by atoms with Crippen LogP contribution in [0.15, 0.2) is 0 Å². The zero-order valence-corrected chi connectivity index (χ0v) is 11.4. The lowest BCUT2D eigenvalue weighted by atomic mass is 9.83. The molecule has 1 heteroatoms. The zero-order chi connectivity index (χ0) is 11.8. The molecule has 1 saturated carbocycles. The molecule has 3 atom stereocenters. The summed E-state index contributed by atoms with van der Waals surface area (Å²) in [6, 6.07) is 0.498. The van der Waals surface area contributed by atoms with E-state index in [2.05, 4.69) is 13.8 Å². The summed E-state index contributed by atoms with van der Waals surface area (Å²) >= 11 is 0. The normalized spacial score (nSPS) is 28.7. The third-order valence-electron chi connectivity index (χ3n) is 4.40. The molecule has 1 rings (SSSR count). The molecule has 0 saturated heterocycles. The Hall–Kier alpha value is -0.0400. The van der Waals surface area contributed by atoms with E-state index in [1.165, 1.54) is 64.2 Å². The van der Waals surface area contributed by atoms with E-state index in [1.807, 2.05) is 0 Å². The second-order valence-electron chi connectivity index (χ2n) is 5.71. The van der Waals surface area contributed by atoms with Crippen LogP contribution in [0.2, 0.25) is 0 Å². The van der Waals surface area contributed by atoms with Gasteiger partial charge < -0.3 is 5.73 Å². The molecule has 0 radical (unpaired) electrons. The van der Waals surface area contributed by atoms with Gasteiger partial charge in [-0.1, -0.05) is 58.8 Å². The highest BCUT2D eigenvalue weighted by Gasteiger charge is 2.22. The van der Waals surface area contributed by atoms with Crippen LogP contribution in [-0.4, -0.2) is 6.04 Å². The Kier molecular flexibility index (Phi) is 7.11. The van der Waals surface area contributed by atoms with E-state index in [9.17, 15) is 0 Å². The summed E-state index contributed by atoms with van der Waals surface area (Å²) in [5.74, 6) is 1.76. The topological polar surface area (TPSA) is 26.0 Å². The Morgan fingerprint density at radius 3 is 2.56 bits per heavy atom. The van der Waals surface area contributed by atoms with Gasteiger partial charge in [-0.25, -0.2) is 0 Å². The van der Waals surface area contributed by atoms with Crippen molar-refractivity contribution >= 4 is 0 Å². The van der Waals surface area contributed by atoms with Crippen LogP contribution in [0.4, 0.5) is 0 Å². The first-order chi connectivity index (χ1) is 7.77. The summed E-state index contributed by atoms with van der Waals surface area (Å²) < 4.78 is 0. The van der Waals surface area contributed by atoms with Crippen LogP contribution in [0.5, 0.6) is 0 Å². The van der Waals surface area contributed by atoms with Crippen molar-refractivity contribution in [3.05, 3.63) is 0 Å². The largest absolute Gasteiger partial charge is 0.327 e. The van der Waals surface area contributed by atoms with E-state index in [-0.39, 0.29) is 0 Å². The maximum atomic E-state index is 6.31. The molecule has 0 amide bonds. The number of rotatable bonds is 6. The Labute approximate surface area is 102 Å². The Balaban J connectivity index is 2.35. The summed E-state index contributed by atoms with van der Waals surface area (Å²) in [7, 11) is 0. The maximum absolute atomic E-state index is 6.31. The molecule has 1 aliphatic carbocycles. The van der Waals surface area contributed by atoms with Gasteiger partial charge in [0.15, 0.2) is 0 Å². The molecule has 0 spiro atoms. The van der Waals surface area contributed by atoms with Crippen molar-refractivity contribution in [1.82, 2.24) is 0 Å². The second kappa shape index (κ2) is 8.11. The second-order valence-corrected chi connectivity index (χ2v) is 5.71. The zero-order valence-electron chi connectivity index (χ0n) is 11.4. The fourth-order valence-corrected chi connectivity index (χ4v) is 3.12. The summed E-state index contributed by atoms with van der Waals surface area (Å²) in [6.07, 6.45) is 13.8. The quantitative estimate of drug-likeness (QED) is 0.662. The lowest BCUT2D eigenvalue weighted by Crippen LogP contribution is -2.30. The van der Waals surface area contributed by atoms with E-state index in [0.29, 0.717) is 6.04 Å². The van der Waals surface area contributed by atoms with Crippen LogP contribution in [0, 0.1) is 11.8 Å². The molecule has 16 heavy (non-hydrogen) atoms. The van der Waals surface area contributed by atoms with E-state index < -0.39 is 0 Å². The highest BCUT2D eigenvalue weighted by molar-refractivity contribution is 4.78. The number of hydrogen-bond acceptors (Lipinski definition) is 1. The van der Waals surface area contributed by atoms with Crippen LogP contribution >= 0.6 is 0 Å². The molecule has 0 aromatic rings. The lowest BCUT2D eigenvalue weighted by Gasteiger charge is -2.26. The van der Waals surface area contributed by atoms with Gasteiger partial charge in [-0.05, 0) is 31.1 Å². The molecule has 1 aliphatic rings. The highest BCUT2D eigenvalue weighted by Crippen LogP contribution is 2.30. The number of unbranched alkanes of at least 4 members (excludes halogenated alkanes) is 1. The SMILES string of the molecule is CCCCC(CC)CC1CCCCCC1N. The molecule has 0 aliphatic heterocycles. The van der Waals surface area contributed by atoms with Crippen LogP contribution < -0.4 is 5.73 Å². The Bertz CT molecular complexity index is 167. The van der Waals surface area contributed by atoms with E-state index >= 15 is 0 Å². The van der Waals surface area contributed by atoms with Gasteiger partial charge in [0.25, 0.3) is 0 Å². The molecule has 96 valence electrons. The minimum Gasteiger partial charge on any atom is -0.327 e. The summed E-state index contributed by atoms with van der Waals surface area (Å²) in [6.45, 7) is 4.65. The van der Waals surface area contributed by atoms with Gasteiger partial charge in [0, 0.05) is 6.04 Å². The number of nitrogens with two attached hydrogens (primary N) is 1. The minimum absolute atomic E-state index is 0.498. The summed E-state index contributed by atoms with van der Waals surface area (Å²) in [5, 5.41) is 0. The highest BCUT2D eigenvalue weighted by atomic mass is 14.6. The Morgan fingerprint density at radius 2 is 1.88 bits per heavy atom. The molecule has 0 heterocycles. The van der Waals surface area contributed by atoms with Gasteiger partial charge >= 0.3 is 0 Å². The molecule has 1 fully saturated rings. The van der Waals surface area contributed by atoms with Gasteiger partial charge in [0.2, 0.25) is 0 Å². The van der Waals surface area contributed by atoms with Crippen molar-refractivity contribution in [2.75, 3.05) is 0 Å². The third kappa shape index (κ3) is 4.86. The van der Waals surface area contributed by atoms with Gasteiger partial charge in [0.1, 0.15) is 0 Å². The maximum Gasteiger partial charge on any atom is 0.00672 e. The first-order valence-corrected chi connectivity index (χ1v) is 7.53. The van der Waals surface area contributed by atoms with Gasteiger partial charge in [-0.3, -0.25) is 0 Å². The van der Waals surface area contributed by atoms with Crippen molar-refractivity contribution < 1.29 is 0 Å². The summed E-state index contributed by atoms with van der Waals surface area (Å²) in [5.41, 5.74) is 6.31. The molecule has 0 aromatic carbocycles. The Morgan fingerprint density at radius 1 is 1.12 bits per heavy atom. The van der Waals surface area contributed by atoms with Crippen molar-refractivity contribution in [1.29, 1.82) is 0 Å². The van der Waals surface area contributed by atoms with Crippen LogP contribution in [0.3, 0.4) is 0 Å². The van der Waals surface area contributed by atoms with Crippen molar-refractivity contribution in [2.45, 2.75) is 84.1 Å². The predicted octanol–water partition coefficient (Wildman–Crippen LogP) is 4.50. The van der Waals surface area contributed by atoms with Gasteiger partial charge in [-0.2, -0.15) is 0 Å². The predicted molar refractivity (Wildman–Crippen MR) is 72.5 cm³/mol. The first-order valence-electron chi connectivity index (χ1n) is 7.53. The molecule has 2 N–H and O–H groups in total. The van der Waals surface area contributed by atoms with Crippen LogP contribution in [-0.2, 0) is 0 Å². The number of hydrogen-bond donors (Lipinski definition) is 1. The molecule has 1 nitrogen and oxygen atoms in total. The minimum atomic E-state index is 0.498. The summed E-state index contributed by atoms with van der Waals surface area (Å²) in [4.78, 5) is 0. The van der Waals surface area contributed by atoms with Crippen molar-refractivity contribution in [3.63, 3.8) is 0 Å². The molecular weight excluding hydrogens is 194 g/mol. The molecule has 0 aromatic heterocycles. The lowest BCUT2D eigenvalue weighted by molar-refractivity contribution is 0.287. The molecular formula is C15H31N. The molecule has 3 unspecified atom stereocenters. The average Bonchev–Trinajstić information content (AvgIpc) is 2.50. The monoisotopic (exact) mass is 225 g/mol. The fourth-order valence-electron chi connectivity index (χ4n) is 3.12. The third-order valence-corrected chi connectivity index (χ3v) is 4.40. The van der Waals surface area contributed by atoms with E-state index in [4.69, 9.17) is 5.73 Å². The fraction of sp³-hybridized carbons (Fsp3) is 1.00. The first kappa shape index (κ1) is 14.0.